The predicted octanol–water partition coefficient (Wildman–Crippen LogP) is 3.43. The van der Waals surface area contributed by atoms with Crippen LogP contribution in [0.5, 0.6) is 5.75 Å². The van der Waals surface area contributed by atoms with Crippen LogP contribution in [0.1, 0.15) is 49.4 Å². The smallest absolute Gasteiger partial charge is 0.163 e. The third kappa shape index (κ3) is 3.25. The molecule has 1 aliphatic carbocycles. The number of rotatable bonds is 4. The van der Waals surface area contributed by atoms with E-state index in [0.717, 1.165) is 0 Å². The highest BCUT2D eigenvalue weighted by molar-refractivity contribution is 5.97. The van der Waals surface area contributed by atoms with Gasteiger partial charge in [-0.15, -0.1) is 0 Å². The molecule has 0 aromatic heterocycles. The Morgan fingerprint density at radius 1 is 1.33 bits per heavy atom. The second-order valence-corrected chi connectivity index (χ2v) is 5.13. The fourth-order valence-electron chi connectivity index (χ4n) is 2.51. The maximum absolute atomic E-state index is 11.5. The molecule has 1 fully saturated rings. The van der Waals surface area contributed by atoms with Crippen LogP contribution in [-0.2, 0) is 0 Å². The van der Waals surface area contributed by atoms with Crippen molar-refractivity contribution in [2.24, 2.45) is 5.92 Å². The Labute approximate surface area is 108 Å². The zero-order valence-corrected chi connectivity index (χ0v) is 10.9. The first-order valence-corrected chi connectivity index (χ1v) is 6.70. The van der Waals surface area contributed by atoms with Crippen molar-refractivity contribution in [2.75, 3.05) is 12.3 Å². The lowest BCUT2D eigenvalue weighted by Crippen LogP contribution is -2.16. The maximum atomic E-state index is 11.5. The average Bonchev–Trinajstić information content (AvgIpc) is 2.38. The minimum absolute atomic E-state index is 0.000874. The van der Waals surface area contributed by atoms with Gasteiger partial charge in [-0.3, -0.25) is 4.79 Å². The highest BCUT2D eigenvalue weighted by Gasteiger charge is 2.15. The van der Waals surface area contributed by atoms with E-state index in [1.165, 1.54) is 32.1 Å². The fourth-order valence-corrected chi connectivity index (χ4v) is 2.51. The van der Waals surface area contributed by atoms with Crippen molar-refractivity contribution in [1.82, 2.24) is 0 Å². The lowest BCUT2D eigenvalue weighted by molar-refractivity contribution is 0.101. The van der Waals surface area contributed by atoms with Crippen molar-refractivity contribution in [3.63, 3.8) is 0 Å². The Morgan fingerprint density at radius 3 is 2.72 bits per heavy atom. The third-order valence-electron chi connectivity index (χ3n) is 3.58. The fraction of sp³-hybridized carbons (Fsp3) is 0.533. The van der Waals surface area contributed by atoms with Crippen LogP contribution in [0.25, 0.3) is 0 Å². The number of ether oxygens (including phenoxy) is 1. The molecule has 2 N–H and O–H groups in total. The van der Waals surface area contributed by atoms with E-state index in [-0.39, 0.29) is 5.78 Å². The molecule has 0 unspecified atom stereocenters. The van der Waals surface area contributed by atoms with Gasteiger partial charge in [-0.05, 0) is 43.9 Å². The van der Waals surface area contributed by atoms with E-state index in [4.69, 9.17) is 10.5 Å². The molecule has 1 aromatic rings. The van der Waals surface area contributed by atoms with Crippen LogP contribution in [0.15, 0.2) is 18.2 Å². The Morgan fingerprint density at radius 2 is 2.06 bits per heavy atom. The van der Waals surface area contributed by atoms with Crippen molar-refractivity contribution in [3.8, 4) is 5.75 Å². The first-order valence-electron chi connectivity index (χ1n) is 6.70. The largest absolute Gasteiger partial charge is 0.493 e. The number of carbonyl (C=O) groups is 1. The molecule has 1 aromatic carbocycles. The number of hydrogen-bond donors (Lipinski definition) is 1. The van der Waals surface area contributed by atoms with Gasteiger partial charge in [0.25, 0.3) is 0 Å². The predicted molar refractivity (Wildman–Crippen MR) is 72.9 cm³/mol. The summed E-state index contributed by atoms with van der Waals surface area (Å²) >= 11 is 0. The molecule has 0 saturated heterocycles. The molecule has 98 valence electrons. The minimum atomic E-state index is 0.000874. The Hall–Kier alpha value is -1.51. The summed E-state index contributed by atoms with van der Waals surface area (Å²) in [6, 6.07) is 5.27. The van der Waals surface area contributed by atoms with E-state index in [1.54, 1.807) is 25.1 Å². The van der Waals surface area contributed by atoms with E-state index in [9.17, 15) is 4.79 Å². The number of ketones is 1. The Kier molecular flexibility index (Phi) is 4.24. The van der Waals surface area contributed by atoms with Crippen LogP contribution in [0, 0.1) is 5.92 Å². The number of nitrogen functional groups attached to an aromatic ring is 1. The van der Waals surface area contributed by atoms with E-state index >= 15 is 0 Å². The topological polar surface area (TPSA) is 52.3 Å². The van der Waals surface area contributed by atoms with Crippen LogP contribution in [-0.4, -0.2) is 12.4 Å². The third-order valence-corrected chi connectivity index (χ3v) is 3.58. The molecule has 0 radical (unpaired) electrons. The summed E-state index contributed by atoms with van der Waals surface area (Å²) < 4.78 is 5.82. The Balaban J connectivity index is 2.01. The highest BCUT2D eigenvalue weighted by Crippen LogP contribution is 2.27. The molecule has 1 saturated carbocycles. The van der Waals surface area contributed by atoms with Gasteiger partial charge in [0.15, 0.2) is 5.78 Å². The molecule has 0 amide bonds. The summed E-state index contributed by atoms with van der Waals surface area (Å²) in [6.45, 7) is 2.26. The lowest BCUT2D eigenvalue weighted by atomic mass is 9.90. The molecular formula is C15H21NO2. The molecule has 0 spiro atoms. The van der Waals surface area contributed by atoms with E-state index in [2.05, 4.69) is 0 Å². The summed E-state index contributed by atoms with van der Waals surface area (Å²) in [4.78, 5) is 11.5. The highest BCUT2D eigenvalue weighted by atomic mass is 16.5. The van der Waals surface area contributed by atoms with Crippen molar-refractivity contribution >= 4 is 11.5 Å². The van der Waals surface area contributed by atoms with E-state index in [0.29, 0.717) is 29.5 Å². The SMILES string of the molecule is CC(=O)c1cc(N)ccc1OCC1CCCCC1. The molecule has 0 aliphatic heterocycles. The number of carbonyl (C=O) groups excluding carboxylic acids is 1. The van der Waals surface area contributed by atoms with Crippen LogP contribution < -0.4 is 10.5 Å². The van der Waals surface area contributed by atoms with E-state index in [1.807, 2.05) is 0 Å². The summed E-state index contributed by atoms with van der Waals surface area (Å²) in [5.41, 5.74) is 6.89. The van der Waals surface area contributed by atoms with Crippen molar-refractivity contribution < 1.29 is 9.53 Å². The van der Waals surface area contributed by atoms with Crippen molar-refractivity contribution in [1.29, 1.82) is 0 Å². The van der Waals surface area contributed by atoms with Gasteiger partial charge < -0.3 is 10.5 Å². The number of benzene rings is 1. The van der Waals surface area contributed by atoms with E-state index < -0.39 is 0 Å². The molecular weight excluding hydrogens is 226 g/mol. The van der Waals surface area contributed by atoms with Gasteiger partial charge in [0.2, 0.25) is 0 Å². The van der Waals surface area contributed by atoms with Gasteiger partial charge in [0.05, 0.1) is 12.2 Å². The van der Waals surface area contributed by atoms with Gasteiger partial charge in [0, 0.05) is 5.69 Å². The zero-order valence-electron chi connectivity index (χ0n) is 10.9. The summed E-state index contributed by atoms with van der Waals surface area (Å²) in [5, 5.41) is 0. The van der Waals surface area contributed by atoms with Gasteiger partial charge >= 0.3 is 0 Å². The quantitative estimate of drug-likeness (QED) is 0.655. The monoisotopic (exact) mass is 247 g/mol. The van der Waals surface area contributed by atoms with Gasteiger partial charge in [-0.25, -0.2) is 0 Å². The number of Topliss-reactive ketones (excluding diaryl/α,β-unsaturated/α-hetero) is 1. The standard InChI is InChI=1S/C15H21NO2/c1-11(17)14-9-13(16)7-8-15(14)18-10-12-5-3-2-4-6-12/h7-9,12H,2-6,10,16H2,1H3. The Bertz CT molecular complexity index is 423. The average molecular weight is 247 g/mol. The number of hydrogen-bond acceptors (Lipinski definition) is 3. The van der Waals surface area contributed by atoms with Crippen LogP contribution in [0.2, 0.25) is 0 Å². The number of anilines is 1. The minimum Gasteiger partial charge on any atom is -0.493 e. The molecule has 18 heavy (non-hydrogen) atoms. The van der Waals surface area contributed by atoms with Gasteiger partial charge in [0.1, 0.15) is 5.75 Å². The normalized spacial score (nSPS) is 16.5. The molecule has 3 heteroatoms. The van der Waals surface area contributed by atoms with Gasteiger partial charge in [-0.2, -0.15) is 0 Å². The first kappa shape index (κ1) is 12.9. The first-order chi connectivity index (χ1) is 8.66. The lowest BCUT2D eigenvalue weighted by Gasteiger charge is -2.22. The second kappa shape index (κ2) is 5.89. The summed E-state index contributed by atoms with van der Waals surface area (Å²) in [5.74, 6) is 1.30. The molecule has 3 nitrogen and oxygen atoms in total. The molecule has 0 atom stereocenters. The van der Waals surface area contributed by atoms with Crippen LogP contribution in [0.4, 0.5) is 5.69 Å². The van der Waals surface area contributed by atoms with Gasteiger partial charge in [-0.1, -0.05) is 19.3 Å². The van der Waals surface area contributed by atoms with Crippen LogP contribution in [0.3, 0.4) is 0 Å². The second-order valence-electron chi connectivity index (χ2n) is 5.13. The van der Waals surface area contributed by atoms with Crippen molar-refractivity contribution in [3.05, 3.63) is 23.8 Å². The van der Waals surface area contributed by atoms with Crippen LogP contribution >= 0.6 is 0 Å². The molecule has 0 bridgehead atoms. The molecule has 1 aliphatic rings. The zero-order chi connectivity index (χ0) is 13.0. The molecule has 0 heterocycles. The number of nitrogens with two attached hydrogens (primary N) is 1. The molecule has 2 rings (SSSR count). The summed E-state index contributed by atoms with van der Waals surface area (Å²) in [7, 11) is 0. The van der Waals surface area contributed by atoms with Crippen molar-refractivity contribution in [2.45, 2.75) is 39.0 Å². The maximum Gasteiger partial charge on any atom is 0.163 e. The summed E-state index contributed by atoms with van der Waals surface area (Å²) in [6.07, 6.45) is 6.43.